The maximum absolute atomic E-state index is 12.8. The van der Waals surface area contributed by atoms with E-state index < -0.39 is 36.2 Å². The number of rotatable bonds is 7. The van der Waals surface area contributed by atoms with E-state index in [9.17, 15) is 19.5 Å². The van der Waals surface area contributed by atoms with Crippen LogP contribution in [0.4, 0.5) is 4.79 Å². The summed E-state index contributed by atoms with van der Waals surface area (Å²) in [6.07, 6.45) is 1.46. The van der Waals surface area contributed by atoms with Crippen molar-refractivity contribution < 1.29 is 29.3 Å². The molecule has 32 heavy (non-hydrogen) atoms. The number of amides is 2. The van der Waals surface area contributed by atoms with Crippen molar-refractivity contribution >= 4 is 18.0 Å². The number of aliphatic carboxylic acids is 1. The molecule has 2 aromatic carbocycles. The molecule has 0 saturated heterocycles. The van der Waals surface area contributed by atoms with Crippen molar-refractivity contribution in [1.29, 1.82) is 0 Å². The van der Waals surface area contributed by atoms with Crippen LogP contribution in [0.3, 0.4) is 0 Å². The molecule has 0 radical (unpaired) electrons. The highest BCUT2D eigenvalue weighted by molar-refractivity contribution is 5.93. The van der Waals surface area contributed by atoms with Gasteiger partial charge in [0.25, 0.3) is 0 Å². The van der Waals surface area contributed by atoms with Crippen LogP contribution in [0.25, 0.3) is 11.1 Å². The van der Waals surface area contributed by atoms with Gasteiger partial charge < -0.3 is 25.6 Å². The summed E-state index contributed by atoms with van der Waals surface area (Å²) in [6.45, 7) is -0.617. The van der Waals surface area contributed by atoms with Crippen LogP contribution in [0.15, 0.2) is 48.5 Å². The van der Waals surface area contributed by atoms with Gasteiger partial charge in [-0.1, -0.05) is 61.4 Å². The fourth-order valence-electron chi connectivity index (χ4n) is 4.70. The molecule has 0 aromatic heterocycles. The zero-order chi connectivity index (χ0) is 22.7. The highest BCUT2D eigenvalue weighted by atomic mass is 16.5. The van der Waals surface area contributed by atoms with E-state index in [0.29, 0.717) is 25.7 Å². The van der Waals surface area contributed by atoms with Gasteiger partial charge in [-0.3, -0.25) is 4.79 Å². The Morgan fingerprint density at radius 3 is 2.09 bits per heavy atom. The maximum atomic E-state index is 12.8. The molecule has 0 spiro atoms. The van der Waals surface area contributed by atoms with Gasteiger partial charge in [0.1, 0.15) is 18.2 Å². The summed E-state index contributed by atoms with van der Waals surface area (Å²) < 4.78 is 5.56. The lowest BCUT2D eigenvalue weighted by Gasteiger charge is -2.30. The summed E-state index contributed by atoms with van der Waals surface area (Å²) >= 11 is 0. The fourth-order valence-corrected chi connectivity index (χ4v) is 4.70. The molecule has 2 aliphatic rings. The molecule has 2 aromatic rings. The first-order valence-corrected chi connectivity index (χ1v) is 10.7. The minimum absolute atomic E-state index is 0.104. The first-order chi connectivity index (χ1) is 15.4. The third kappa shape index (κ3) is 4.05. The average Bonchev–Trinajstić information content (AvgIpc) is 3.39. The van der Waals surface area contributed by atoms with E-state index in [1.165, 1.54) is 0 Å². The lowest BCUT2D eigenvalue weighted by Crippen LogP contribution is -2.60. The Bertz CT molecular complexity index is 985. The number of ether oxygens (including phenoxy) is 1. The minimum Gasteiger partial charge on any atom is -0.480 e. The van der Waals surface area contributed by atoms with Gasteiger partial charge >= 0.3 is 12.1 Å². The van der Waals surface area contributed by atoms with E-state index in [1.807, 2.05) is 48.5 Å². The van der Waals surface area contributed by atoms with Crippen LogP contribution in [0.1, 0.15) is 42.7 Å². The number of nitrogens with one attached hydrogen (secondary N) is 2. The second-order valence-electron chi connectivity index (χ2n) is 8.29. The number of fused-ring (bicyclic) bond motifs is 3. The smallest absolute Gasteiger partial charge is 0.408 e. The molecule has 0 heterocycles. The molecule has 8 heteroatoms. The Kier molecular flexibility index (Phi) is 6.14. The second-order valence-corrected chi connectivity index (χ2v) is 8.29. The Morgan fingerprint density at radius 1 is 1.00 bits per heavy atom. The number of benzene rings is 2. The third-order valence-electron chi connectivity index (χ3n) is 6.36. The van der Waals surface area contributed by atoms with Gasteiger partial charge in [0.2, 0.25) is 5.91 Å². The Hall–Kier alpha value is -3.39. The molecular formula is C24H26N2O6. The number of carboxylic acid groups (broad SMARTS) is 1. The monoisotopic (exact) mass is 438 g/mol. The molecule has 0 bridgehead atoms. The zero-order valence-electron chi connectivity index (χ0n) is 17.5. The van der Waals surface area contributed by atoms with Gasteiger partial charge in [0, 0.05) is 5.92 Å². The highest BCUT2D eigenvalue weighted by Gasteiger charge is 2.44. The predicted octanol–water partition coefficient (Wildman–Crippen LogP) is 2.40. The zero-order valence-corrected chi connectivity index (χ0v) is 17.5. The number of carbonyl (C=O) groups excluding carboxylic acids is 2. The summed E-state index contributed by atoms with van der Waals surface area (Å²) in [5.41, 5.74) is 3.16. The van der Waals surface area contributed by atoms with Gasteiger partial charge in [-0.15, -0.1) is 0 Å². The van der Waals surface area contributed by atoms with Gasteiger partial charge in [-0.2, -0.15) is 0 Å². The van der Waals surface area contributed by atoms with Crippen molar-refractivity contribution in [3.05, 3.63) is 59.7 Å². The molecule has 1 atom stereocenters. The van der Waals surface area contributed by atoms with E-state index in [4.69, 9.17) is 9.84 Å². The van der Waals surface area contributed by atoms with Crippen molar-refractivity contribution in [2.45, 2.75) is 43.2 Å². The molecule has 168 valence electrons. The Balaban J connectivity index is 1.45. The predicted molar refractivity (Wildman–Crippen MR) is 116 cm³/mol. The van der Waals surface area contributed by atoms with Crippen LogP contribution in [0, 0.1) is 0 Å². The number of carboxylic acids is 1. The number of aliphatic hydroxyl groups excluding tert-OH is 1. The van der Waals surface area contributed by atoms with Crippen molar-refractivity contribution in [2.75, 3.05) is 13.2 Å². The first kappa shape index (κ1) is 21.8. The van der Waals surface area contributed by atoms with E-state index in [0.717, 1.165) is 22.3 Å². The summed E-state index contributed by atoms with van der Waals surface area (Å²) in [5, 5.41) is 23.3. The number of hydrogen-bond acceptors (Lipinski definition) is 5. The summed E-state index contributed by atoms with van der Waals surface area (Å²) in [6, 6.07) is 14.6. The van der Waals surface area contributed by atoms with Crippen LogP contribution < -0.4 is 10.6 Å². The van der Waals surface area contributed by atoms with Gasteiger partial charge in [-0.05, 0) is 35.1 Å². The Morgan fingerprint density at radius 2 is 1.56 bits per heavy atom. The number of hydrogen-bond donors (Lipinski definition) is 4. The van der Waals surface area contributed by atoms with Crippen LogP contribution in [0.2, 0.25) is 0 Å². The van der Waals surface area contributed by atoms with E-state index in [-0.39, 0.29) is 12.5 Å². The third-order valence-corrected chi connectivity index (χ3v) is 6.36. The summed E-state index contributed by atoms with van der Waals surface area (Å²) in [7, 11) is 0. The maximum Gasteiger partial charge on any atom is 0.408 e. The molecule has 2 amide bonds. The van der Waals surface area contributed by atoms with Gasteiger partial charge in [0.05, 0.1) is 6.61 Å². The number of alkyl carbamates (subject to hydrolysis) is 1. The molecule has 8 nitrogen and oxygen atoms in total. The van der Waals surface area contributed by atoms with Crippen molar-refractivity contribution in [3.63, 3.8) is 0 Å². The molecule has 1 fully saturated rings. The summed E-state index contributed by atoms with van der Waals surface area (Å²) in [4.78, 5) is 36.7. The molecule has 1 unspecified atom stereocenters. The van der Waals surface area contributed by atoms with Crippen molar-refractivity contribution in [1.82, 2.24) is 10.6 Å². The largest absolute Gasteiger partial charge is 0.480 e. The summed E-state index contributed by atoms with van der Waals surface area (Å²) in [5.74, 6) is -2.06. The van der Waals surface area contributed by atoms with Gasteiger partial charge in [-0.25, -0.2) is 9.59 Å². The highest BCUT2D eigenvalue weighted by Crippen LogP contribution is 2.44. The van der Waals surface area contributed by atoms with Crippen molar-refractivity contribution in [2.24, 2.45) is 0 Å². The van der Waals surface area contributed by atoms with E-state index in [2.05, 4.69) is 10.6 Å². The second kappa shape index (κ2) is 9.00. The number of carbonyl (C=O) groups is 3. The normalized spacial score (nSPS) is 17.2. The molecule has 0 aliphatic heterocycles. The van der Waals surface area contributed by atoms with E-state index in [1.54, 1.807) is 0 Å². The van der Waals surface area contributed by atoms with Crippen LogP contribution in [0.5, 0.6) is 0 Å². The lowest BCUT2D eigenvalue weighted by atomic mass is 9.96. The first-order valence-electron chi connectivity index (χ1n) is 10.7. The lowest BCUT2D eigenvalue weighted by molar-refractivity contribution is -0.144. The average molecular weight is 438 g/mol. The minimum atomic E-state index is -1.43. The quantitative estimate of drug-likeness (QED) is 0.526. The van der Waals surface area contributed by atoms with Crippen LogP contribution in [-0.2, 0) is 14.3 Å². The Labute approximate surface area is 185 Å². The van der Waals surface area contributed by atoms with Crippen LogP contribution in [-0.4, -0.2) is 53.0 Å². The molecule has 1 saturated carbocycles. The molecule has 4 N–H and O–H groups in total. The molecule has 4 rings (SSSR count). The standard InChI is InChI=1S/C24H26N2O6/c27-13-20(21(28)29)25-22(30)24(11-5-6-12-24)26-23(31)32-14-19-17-9-3-1-7-15(17)16-8-2-4-10-18(16)19/h1-4,7-10,19-20,27H,5-6,11-14H2,(H,25,30)(H,26,31)(H,28,29). The van der Waals surface area contributed by atoms with Crippen molar-refractivity contribution in [3.8, 4) is 11.1 Å². The SMILES string of the molecule is O=C(NC1(C(=O)NC(CO)C(=O)O)CCCC1)OCC1c2ccccc2-c2ccccc21. The topological polar surface area (TPSA) is 125 Å². The van der Waals surface area contributed by atoms with Crippen LogP contribution >= 0.6 is 0 Å². The fraction of sp³-hybridized carbons (Fsp3) is 0.375. The molecular weight excluding hydrogens is 412 g/mol. The van der Waals surface area contributed by atoms with E-state index >= 15 is 0 Å². The number of aliphatic hydroxyl groups is 1. The van der Waals surface area contributed by atoms with Gasteiger partial charge in [0.15, 0.2) is 0 Å². The molecule has 2 aliphatic carbocycles.